The molecule has 286 valence electrons. The SMILES string of the molecule is CCCCCC1(CCCCC)O[C@@H]2[C@H](O1)[C@H]1ON(Cc3cccc(C=CC(=O)N(C)C)c3)[C@@H]3C(=O)O[C@@H]2C[C@]13C(=O)N1CCC[C@@H]1C(=O)NCCO. The minimum absolute atomic E-state index is 0.0870. The van der Waals surface area contributed by atoms with Crippen molar-refractivity contribution in [3.8, 4) is 0 Å². The van der Waals surface area contributed by atoms with Gasteiger partial charge in [-0.2, -0.15) is 5.06 Å². The minimum Gasteiger partial charge on any atom is -0.458 e. The topological polar surface area (TPSA) is 147 Å². The van der Waals surface area contributed by atoms with E-state index in [-0.39, 0.29) is 43.8 Å². The Balaban J connectivity index is 1.36. The zero-order chi connectivity index (χ0) is 37.0. The highest BCUT2D eigenvalue weighted by molar-refractivity contribution is 5.96. The summed E-state index contributed by atoms with van der Waals surface area (Å²) in [5.41, 5.74) is 0.224. The van der Waals surface area contributed by atoms with Crippen LogP contribution in [0.15, 0.2) is 30.3 Å². The van der Waals surface area contributed by atoms with E-state index < -0.39 is 53.7 Å². The number of nitrogens with one attached hydrogen (secondary N) is 1. The zero-order valence-corrected chi connectivity index (χ0v) is 31.1. The number of carbonyl (C=O) groups is 4. The Hall–Kier alpha value is -3.36. The number of aliphatic hydroxyl groups excluding tert-OH is 1. The fraction of sp³-hybridized carbons (Fsp3) is 0.692. The molecule has 1 aliphatic carbocycles. The van der Waals surface area contributed by atoms with Gasteiger partial charge in [0.15, 0.2) is 11.8 Å². The number of rotatable bonds is 16. The minimum atomic E-state index is -1.39. The smallest absolute Gasteiger partial charge is 0.327 e. The second-order valence-corrected chi connectivity index (χ2v) is 15.2. The third kappa shape index (κ3) is 7.39. The van der Waals surface area contributed by atoms with Crippen molar-refractivity contribution >= 4 is 29.8 Å². The van der Waals surface area contributed by atoms with E-state index in [1.807, 2.05) is 24.3 Å². The number of hydrogen-bond acceptors (Lipinski definition) is 10. The van der Waals surface area contributed by atoms with Crippen molar-refractivity contribution in [3.05, 3.63) is 41.5 Å². The van der Waals surface area contributed by atoms with Crippen LogP contribution in [0.5, 0.6) is 0 Å². The second kappa shape index (κ2) is 16.3. The van der Waals surface area contributed by atoms with Gasteiger partial charge in [0.05, 0.1) is 13.2 Å². The molecule has 4 saturated heterocycles. The Labute approximate surface area is 306 Å². The van der Waals surface area contributed by atoms with Gasteiger partial charge in [0.25, 0.3) is 0 Å². The van der Waals surface area contributed by atoms with Crippen LogP contribution in [0, 0.1) is 5.41 Å². The Morgan fingerprint density at radius 2 is 1.79 bits per heavy atom. The summed E-state index contributed by atoms with van der Waals surface area (Å²) < 4.78 is 20.1. The second-order valence-electron chi connectivity index (χ2n) is 15.2. The van der Waals surface area contributed by atoms with E-state index in [9.17, 15) is 19.5 Å². The molecule has 3 amide bonds. The van der Waals surface area contributed by atoms with Gasteiger partial charge in [0, 0.05) is 52.5 Å². The summed E-state index contributed by atoms with van der Waals surface area (Å²) in [7, 11) is 3.38. The number of fused-ring (bicyclic) bond motifs is 4. The highest BCUT2D eigenvalue weighted by atomic mass is 16.8. The number of hydrogen-bond donors (Lipinski definition) is 2. The van der Waals surface area contributed by atoms with Crippen LogP contribution < -0.4 is 5.32 Å². The van der Waals surface area contributed by atoms with Crippen LogP contribution in [-0.4, -0.2) is 120 Å². The number of likely N-dealkylation sites (tertiary alicyclic amines) is 1. The van der Waals surface area contributed by atoms with Crippen LogP contribution in [-0.2, 0) is 44.8 Å². The van der Waals surface area contributed by atoms with Crippen LogP contribution in [0.25, 0.3) is 6.08 Å². The Morgan fingerprint density at radius 1 is 1.06 bits per heavy atom. The van der Waals surface area contributed by atoms with E-state index in [2.05, 4.69) is 19.2 Å². The Kier molecular flexibility index (Phi) is 12.1. The molecular weight excluding hydrogens is 668 g/mol. The summed E-state index contributed by atoms with van der Waals surface area (Å²) in [5, 5.41) is 13.7. The highest BCUT2D eigenvalue weighted by Gasteiger charge is 2.77. The van der Waals surface area contributed by atoms with Gasteiger partial charge in [-0.25, -0.2) is 0 Å². The average molecular weight is 725 g/mol. The molecule has 1 saturated carbocycles. The van der Waals surface area contributed by atoms with E-state index in [4.69, 9.17) is 19.0 Å². The maximum absolute atomic E-state index is 15.2. The van der Waals surface area contributed by atoms with Crippen molar-refractivity contribution in [2.45, 2.75) is 133 Å². The first-order valence-corrected chi connectivity index (χ1v) is 19.2. The number of likely N-dealkylation sites (N-methyl/N-ethyl adjacent to an activating group) is 1. The van der Waals surface area contributed by atoms with Crippen molar-refractivity contribution in [1.29, 1.82) is 0 Å². The lowest BCUT2D eigenvalue weighted by atomic mass is 9.62. The molecule has 4 heterocycles. The molecule has 1 aromatic rings. The lowest BCUT2D eigenvalue weighted by Gasteiger charge is -2.50. The first-order valence-electron chi connectivity index (χ1n) is 19.2. The summed E-state index contributed by atoms with van der Waals surface area (Å²) in [5.74, 6) is -2.23. The van der Waals surface area contributed by atoms with Crippen LogP contribution in [0.4, 0.5) is 0 Å². The van der Waals surface area contributed by atoms with Crippen LogP contribution >= 0.6 is 0 Å². The maximum Gasteiger partial charge on any atom is 0.327 e. The number of hydroxylamine groups is 2. The standard InChI is InChI=1S/C39H56N4O9/c1-5-7-9-18-38(19-10-8-6-2)50-31-29-24-39(37(48)42-21-12-15-28(42)35(46)40-20-22-44)33(36(47)49-29)43(52-34(39)32(31)51-38)25-27-14-11-13-26(23-27)16-17-30(45)41(3)4/h11,13-14,16-17,23,28-29,31-34,44H,5-10,12,15,18-22,24-25H2,1-4H3,(H,40,46)/t28-,29-,31+,32+,33-,34-,39-/m1/s1. The van der Waals surface area contributed by atoms with Crippen molar-refractivity contribution in [3.63, 3.8) is 0 Å². The number of carbonyl (C=O) groups excluding carboxylic acids is 4. The van der Waals surface area contributed by atoms with Gasteiger partial charge in [-0.05, 0) is 42.9 Å². The number of aliphatic hydroxyl groups is 1. The number of ether oxygens (including phenoxy) is 3. The summed E-state index contributed by atoms with van der Waals surface area (Å²) in [6, 6.07) is 5.78. The fourth-order valence-corrected chi connectivity index (χ4v) is 8.82. The van der Waals surface area contributed by atoms with Crippen molar-refractivity contribution in [2.24, 2.45) is 5.41 Å². The molecule has 1 aromatic carbocycles. The van der Waals surface area contributed by atoms with Gasteiger partial charge in [-0.15, -0.1) is 0 Å². The highest BCUT2D eigenvalue weighted by Crippen LogP contribution is 2.59. The van der Waals surface area contributed by atoms with Gasteiger partial charge in [-0.3, -0.25) is 24.0 Å². The van der Waals surface area contributed by atoms with E-state index >= 15 is 4.79 Å². The number of nitrogens with zero attached hydrogens (tertiary/aromatic N) is 3. The number of unbranched alkanes of at least 4 members (excludes halogenated alkanes) is 4. The van der Waals surface area contributed by atoms with E-state index in [1.165, 1.54) is 11.0 Å². The maximum atomic E-state index is 15.2. The summed E-state index contributed by atoms with van der Waals surface area (Å²) in [6.07, 6.45) is 9.03. The summed E-state index contributed by atoms with van der Waals surface area (Å²) in [4.78, 5) is 64.9. The molecule has 2 bridgehead atoms. The lowest BCUT2D eigenvalue weighted by Crippen LogP contribution is -2.70. The molecule has 0 unspecified atom stereocenters. The van der Waals surface area contributed by atoms with Gasteiger partial charge >= 0.3 is 5.97 Å². The largest absolute Gasteiger partial charge is 0.458 e. The molecule has 52 heavy (non-hydrogen) atoms. The van der Waals surface area contributed by atoms with Gasteiger partial charge in [0.2, 0.25) is 17.7 Å². The molecule has 2 N–H and O–H groups in total. The molecule has 0 radical (unpaired) electrons. The van der Waals surface area contributed by atoms with Crippen molar-refractivity contribution in [1.82, 2.24) is 20.2 Å². The third-order valence-corrected chi connectivity index (χ3v) is 11.3. The van der Waals surface area contributed by atoms with Gasteiger partial charge in [0.1, 0.15) is 35.9 Å². The third-order valence-electron chi connectivity index (χ3n) is 11.3. The molecule has 5 fully saturated rings. The van der Waals surface area contributed by atoms with Crippen LogP contribution in [0.3, 0.4) is 0 Å². The van der Waals surface area contributed by atoms with E-state index in [0.29, 0.717) is 32.2 Å². The van der Waals surface area contributed by atoms with Crippen LogP contribution in [0.1, 0.15) is 95.6 Å². The number of benzene rings is 1. The van der Waals surface area contributed by atoms with E-state index in [1.54, 1.807) is 30.1 Å². The summed E-state index contributed by atoms with van der Waals surface area (Å²) in [6.45, 7) is 4.71. The molecule has 13 heteroatoms. The molecule has 6 rings (SSSR count). The van der Waals surface area contributed by atoms with Crippen LogP contribution in [0.2, 0.25) is 0 Å². The van der Waals surface area contributed by atoms with Crippen molar-refractivity contribution < 1.29 is 43.3 Å². The zero-order valence-electron chi connectivity index (χ0n) is 31.1. The summed E-state index contributed by atoms with van der Waals surface area (Å²) >= 11 is 0. The molecule has 5 aliphatic rings. The molecule has 4 aliphatic heterocycles. The monoisotopic (exact) mass is 724 g/mol. The lowest BCUT2D eigenvalue weighted by molar-refractivity contribution is -0.225. The Bertz CT molecular complexity index is 1490. The Morgan fingerprint density at radius 3 is 2.48 bits per heavy atom. The number of esters is 1. The molecule has 0 aromatic heterocycles. The molecule has 0 spiro atoms. The number of amides is 3. The van der Waals surface area contributed by atoms with E-state index in [0.717, 1.165) is 49.7 Å². The van der Waals surface area contributed by atoms with Gasteiger partial charge in [-0.1, -0.05) is 63.8 Å². The first kappa shape index (κ1) is 38.4. The first-order chi connectivity index (χ1) is 25.1. The normalized spacial score (nSPS) is 30.4. The molecular formula is C39H56N4O9. The predicted molar refractivity (Wildman–Crippen MR) is 191 cm³/mol. The quantitative estimate of drug-likeness (QED) is 0.148. The fourth-order valence-electron chi connectivity index (χ4n) is 8.82. The molecule has 13 nitrogen and oxygen atoms in total. The predicted octanol–water partition coefficient (Wildman–Crippen LogP) is 3.33. The average Bonchev–Trinajstić information content (AvgIpc) is 3.86. The molecule has 7 atom stereocenters. The van der Waals surface area contributed by atoms with Crippen molar-refractivity contribution in [2.75, 3.05) is 33.8 Å². The van der Waals surface area contributed by atoms with Gasteiger partial charge < -0.3 is 34.4 Å².